The quantitative estimate of drug-likeness (QED) is 0.186. The standard InChI is InChI=1S/C29H27ClN4O6S/c1-21-4-14-27(15-5-21)41(37,38)34(24-10-8-23(30)9-11-24)19-28(35)33-32-17-22-6-12-25(13-7-22)40-20-29(36)31-18-26-3-2-16-39-26/h2-17H,18-20H2,1H3,(H,31,36)(H,33,35)/b32-17-. The molecule has 2 amide bonds. The first-order chi connectivity index (χ1) is 19.7. The number of nitrogens with zero attached hydrogens (tertiary/aromatic N) is 2. The van der Waals surface area contributed by atoms with Crippen molar-refractivity contribution in [1.29, 1.82) is 0 Å². The Kier molecular flexibility index (Phi) is 9.77. The molecular weight excluding hydrogens is 568 g/mol. The number of halogens is 1. The average molecular weight is 595 g/mol. The Morgan fingerprint density at radius 1 is 0.976 bits per heavy atom. The molecule has 0 atom stereocenters. The zero-order chi connectivity index (χ0) is 29.2. The van der Waals surface area contributed by atoms with E-state index < -0.39 is 22.5 Å². The number of anilines is 1. The monoisotopic (exact) mass is 594 g/mol. The molecule has 0 unspecified atom stereocenters. The third kappa shape index (κ3) is 8.44. The number of nitrogens with one attached hydrogen (secondary N) is 2. The number of hydrogen-bond donors (Lipinski definition) is 2. The summed E-state index contributed by atoms with van der Waals surface area (Å²) in [5.74, 6) is 0.165. The van der Waals surface area contributed by atoms with Crippen LogP contribution in [0, 0.1) is 6.92 Å². The molecule has 212 valence electrons. The van der Waals surface area contributed by atoms with Gasteiger partial charge in [0, 0.05) is 5.02 Å². The van der Waals surface area contributed by atoms with E-state index in [9.17, 15) is 18.0 Å². The first kappa shape index (κ1) is 29.4. The number of ether oxygens (including phenoxy) is 1. The van der Waals surface area contributed by atoms with Crippen molar-refractivity contribution in [2.75, 3.05) is 17.5 Å². The molecule has 0 aliphatic rings. The van der Waals surface area contributed by atoms with E-state index in [0.717, 1.165) is 9.87 Å². The lowest BCUT2D eigenvalue weighted by Gasteiger charge is -2.23. The second kappa shape index (κ2) is 13.6. The highest BCUT2D eigenvalue weighted by Gasteiger charge is 2.27. The van der Waals surface area contributed by atoms with Crippen LogP contribution in [-0.4, -0.2) is 39.6 Å². The van der Waals surface area contributed by atoms with Crippen LogP contribution in [-0.2, 0) is 26.2 Å². The summed E-state index contributed by atoms with van der Waals surface area (Å²) < 4.78 is 38.5. The van der Waals surface area contributed by atoms with Gasteiger partial charge in [-0.15, -0.1) is 0 Å². The minimum atomic E-state index is -4.06. The fraction of sp³-hybridized carbons (Fsp3) is 0.138. The van der Waals surface area contributed by atoms with Gasteiger partial charge in [0.25, 0.3) is 21.8 Å². The highest BCUT2D eigenvalue weighted by atomic mass is 35.5. The Bertz CT molecular complexity index is 1590. The van der Waals surface area contributed by atoms with Gasteiger partial charge in [0.2, 0.25) is 0 Å². The Morgan fingerprint density at radius 3 is 2.34 bits per heavy atom. The van der Waals surface area contributed by atoms with Crippen molar-refractivity contribution in [2.24, 2.45) is 5.10 Å². The molecule has 4 aromatic rings. The van der Waals surface area contributed by atoms with Gasteiger partial charge in [-0.05, 0) is 85.3 Å². The number of amides is 2. The lowest BCUT2D eigenvalue weighted by atomic mass is 10.2. The summed E-state index contributed by atoms with van der Waals surface area (Å²) in [5.41, 5.74) is 4.18. The minimum Gasteiger partial charge on any atom is -0.484 e. The zero-order valence-electron chi connectivity index (χ0n) is 22.0. The molecule has 0 bridgehead atoms. The van der Waals surface area contributed by atoms with E-state index >= 15 is 0 Å². The number of aryl methyl sites for hydroxylation is 1. The topological polar surface area (TPSA) is 130 Å². The third-order valence-corrected chi connectivity index (χ3v) is 7.74. The molecule has 2 N–H and O–H groups in total. The summed E-state index contributed by atoms with van der Waals surface area (Å²) >= 11 is 5.97. The van der Waals surface area contributed by atoms with E-state index in [1.165, 1.54) is 36.7 Å². The molecule has 12 heteroatoms. The van der Waals surface area contributed by atoms with Crippen LogP contribution in [0.2, 0.25) is 5.02 Å². The molecule has 3 aromatic carbocycles. The fourth-order valence-electron chi connectivity index (χ4n) is 3.55. The van der Waals surface area contributed by atoms with Crippen LogP contribution in [0.5, 0.6) is 5.75 Å². The van der Waals surface area contributed by atoms with Crippen molar-refractivity contribution >= 4 is 45.3 Å². The van der Waals surface area contributed by atoms with Crippen molar-refractivity contribution in [1.82, 2.24) is 10.7 Å². The second-order valence-electron chi connectivity index (χ2n) is 8.81. The van der Waals surface area contributed by atoms with Gasteiger partial charge in [0.15, 0.2) is 6.61 Å². The Labute approximate surface area is 242 Å². The van der Waals surface area contributed by atoms with Gasteiger partial charge in [0.05, 0.1) is 29.6 Å². The van der Waals surface area contributed by atoms with Crippen LogP contribution in [0.3, 0.4) is 0 Å². The zero-order valence-corrected chi connectivity index (χ0v) is 23.6. The molecule has 0 fully saturated rings. The molecule has 41 heavy (non-hydrogen) atoms. The van der Waals surface area contributed by atoms with E-state index in [4.69, 9.17) is 20.8 Å². The maximum atomic E-state index is 13.4. The van der Waals surface area contributed by atoms with Crippen molar-refractivity contribution in [3.8, 4) is 5.75 Å². The van der Waals surface area contributed by atoms with Gasteiger partial charge in [0.1, 0.15) is 18.1 Å². The lowest BCUT2D eigenvalue weighted by molar-refractivity contribution is -0.123. The maximum Gasteiger partial charge on any atom is 0.264 e. The van der Waals surface area contributed by atoms with Gasteiger partial charge in [-0.1, -0.05) is 29.3 Å². The van der Waals surface area contributed by atoms with Crippen LogP contribution in [0.15, 0.2) is 106 Å². The summed E-state index contributed by atoms with van der Waals surface area (Å²) in [5, 5.41) is 7.06. The Balaban J connectivity index is 1.33. The van der Waals surface area contributed by atoms with E-state index in [-0.39, 0.29) is 29.6 Å². The van der Waals surface area contributed by atoms with E-state index in [0.29, 0.717) is 22.1 Å². The molecule has 0 aliphatic heterocycles. The number of carbonyl (C=O) groups is 2. The van der Waals surface area contributed by atoms with Gasteiger partial charge < -0.3 is 14.5 Å². The number of hydrazone groups is 1. The first-order valence-corrected chi connectivity index (χ1v) is 14.2. The largest absolute Gasteiger partial charge is 0.484 e. The fourth-order valence-corrected chi connectivity index (χ4v) is 5.10. The average Bonchev–Trinajstić information content (AvgIpc) is 3.49. The van der Waals surface area contributed by atoms with Crippen LogP contribution in [0.4, 0.5) is 5.69 Å². The third-order valence-electron chi connectivity index (χ3n) is 5.70. The summed E-state index contributed by atoms with van der Waals surface area (Å²) in [6.07, 6.45) is 2.93. The molecule has 0 saturated heterocycles. The van der Waals surface area contributed by atoms with Crippen LogP contribution >= 0.6 is 11.6 Å². The Morgan fingerprint density at radius 2 is 1.68 bits per heavy atom. The summed E-state index contributed by atoms with van der Waals surface area (Å²) in [6, 6.07) is 22.7. The highest BCUT2D eigenvalue weighted by Crippen LogP contribution is 2.25. The van der Waals surface area contributed by atoms with Crippen LogP contribution in [0.1, 0.15) is 16.9 Å². The van der Waals surface area contributed by atoms with Crippen molar-refractivity contribution < 1.29 is 27.2 Å². The van der Waals surface area contributed by atoms with E-state index in [2.05, 4.69) is 15.8 Å². The molecular formula is C29H27ClN4O6S. The normalized spacial score (nSPS) is 11.3. The number of furan rings is 1. The number of sulfonamides is 1. The van der Waals surface area contributed by atoms with Gasteiger partial charge in [-0.25, -0.2) is 13.8 Å². The number of rotatable bonds is 12. The smallest absolute Gasteiger partial charge is 0.264 e. The lowest BCUT2D eigenvalue weighted by Crippen LogP contribution is -2.39. The molecule has 10 nitrogen and oxygen atoms in total. The first-order valence-electron chi connectivity index (χ1n) is 12.4. The summed E-state index contributed by atoms with van der Waals surface area (Å²) in [7, 11) is -4.06. The predicted octanol–water partition coefficient (Wildman–Crippen LogP) is 4.28. The summed E-state index contributed by atoms with van der Waals surface area (Å²) in [6.45, 7) is 1.44. The maximum absolute atomic E-state index is 13.4. The Hall–Kier alpha value is -4.61. The van der Waals surface area contributed by atoms with Gasteiger partial charge >= 0.3 is 0 Å². The van der Waals surface area contributed by atoms with Crippen molar-refractivity contribution in [3.63, 3.8) is 0 Å². The number of carbonyl (C=O) groups excluding carboxylic acids is 2. The van der Waals surface area contributed by atoms with Crippen molar-refractivity contribution in [3.05, 3.63) is 113 Å². The summed E-state index contributed by atoms with van der Waals surface area (Å²) in [4.78, 5) is 24.7. The molecule has 0 spiro atoms. The highest BCUT2D eigenvalue weighted by molar-refractivity contribution is 7.92. The SMILES string of the molecule is Cc1ccc(S(=O)(=O)N(CC(=O)N/N=C\c2ccc(OCC(=O)NCc3ccco3)cc2)c2ccc(Cl)cc2)cc1. The number of benzene rings is 3. The van der Waals surface area contributed by atoms with Gasteiger partial charge in [-0.3, -0.25) is 13.9 Å². The molecule has 1 aromatic heterocycles. The van der Waals surface area contributed by atoms with E-state index in [1.807, 2.05) is 6.92 Å². The second-order valence-corrected chi connectivity index (χ2v) is 11.1. The molecule has 0 saturated carbocycles. The predicted molar refractivity (Wildman–Crippen MR) is 155 cm³/mol. The molecule has 0 aliphatic carbocycles. The van der Waals surface area contributed by atoms with Crippen LogP contribution in [0.25, 0.3) is 0 Å². The molecule has 0 radical (unpaired) electrons. The van der Waals surface area contributed by atoms with Crippen LogP contribution < -0.4 is 19.8 Å². The van der Waals surface area contributed by atoms with Gasteiger partial charge in [-0.2, -0.15) is 5.10 Å². The number of hydrogen-bond acceptors (Lipinski definition) is 7. The van der Waals surface area contributed by atoms with E-state index in [1.54, 1.807) is 60.7 Å². The minimum absolute atomic E-state index is 0.0478. The molecule has 1 heterocycles. The molecule has 4 rings (SSSR count). The van der Waals surface area contributed by atoms with Crippen molar-refractivity contribution in [2.45, 2.75) is 18.4 Å².